The Morgan fingerprint density at radius 1 is 0.724 bits per heavy atom. The quantitative estimate of drug-likeness (QED) is 0.442. The van der Waals surface area contributed by atoms with Crippen LogP contribution in [0.1, 0.15) is 11.1 Å². The third kappa shape index (κ3) is 3.97. The molecule has 1 aliphatic rings. The summed E-state index contributed by atoms with van der Waals surface area (Å²) < 4.78 is 0. The van der Waals surface area contributed by atoms with E-state index >= 15 is 0 Å². The van der Waals surface area contributed by atoms with Gasteiger partial charge >= 0.3 is 0 Å². The number of benzene rings is 3. The van der Waals surface area contributed by atoms with Crippen LogP contribution >= 0.6 is 35.0 Å². The Kier molecular flexibility index (Phi) is 5.50. The molecule has 144 valence electrons. The summed E-state index contributed by atoms with van der Waals surface area (Å²) in [7, 11) is 0. The molecule has 0 fully saturated rings. The van der Waals surface area contributed by atoms with E-state index in [2.05, 4.69) is 0 Å². The first-order valence-corrected chi connectivity index (χ1v) is 10.4. The molecule has 3 aromatic rings. The van der Waals surface area contributed by atoms with Crippen LogP contribution in [0.3, 0.4) is 0 Å². The molecule has 0 spiro atoms. The SMILES string of the molecule is Cc1ccc(C2=C(Sc3ccc(Cl)cc3)C(=O)N(c3ccc(Cl)cc3)C2=O)cc1. The Morgan fingerprint density at radius 2 is 1.28 bits per heavy atom. The summed E-state index contributed by atoms with van der Waals surface area (Å²) in [6.07, 6.45) is 0. The molecule has 1 aliphatic heterocycles. The molecule has 0 saturated heterocycles. The summed E-state index contributed by atoms with van der Waals surface area (Å²) in [5.41, 5.74) is 2.67. The maximum Gasteiger partial charge on any atom is 0.272 e. The average molecular weight is 440 g/mol. The number of aryl methyl sites for hydroxylation is 1. The van der Waals surface area contributed by atoms with E-state index in [9.17, 15) is 9.59 Å². The van der Waals surface area contributed by atoms with E-state index in [0.29, 0.717) is 31.8 Å². The molecule has 0 aliphatic carbocycles. The van der Waals surface area contributed by atoms with Gasteiger partial charge in [0.15, 0.2) is 0 Å². The second-order valence-electron chi connectivity index (χ2n) is 6.55. The zero-order valence-corrected chi connectivity index (χ0v) is 17.7. The van der Waals surface area contributed by atoms with Crippen molar-refractivity contribution >= 4 is 58.0 Å². The summed E-state index contributed by atoms with van der Waals surface area (Å²) in [4.78, 5) is 29.0. The molecule has 0 aromatic heterocycles. The number of hydrogen-bond donors (Lipinski definition) is 0. The number of nitrogens with zero attached hydrogens (tertiary/aromatic N) is 1. The van der Waals surface area contributed by atoms with Gasteiger partial charge in [-0.2, -0.15) is 0 Å². The summed E-state index contributed by atoms with van der Waals surface area (Å²) in [5, 5.41) is 1.15. The number of rotatable bonds is 4. The number of imide groups is 1. The van der Waals surface area contributed by atoms with Crippen molar-refractivity contribution in [3.63, 3.8) is 0 Å². The van der Waals surface area contributed by atoms with Crippen molar-refractivity contribution in [2.24, 2.45) is 0 Å². The fourth-order valence-electron chi connectivity index (χ4n) is 3.02. The van der Waals surface area contributed by atoms with Crippen molar-refractivity contribution in [2.75, 3.05) is 4.90 Å². The van der Waals surface area contributed by atoms with Crippen LogP contribution in [0.25, 0.3) is 5.57 Å². The van der Waals surface area contributed by atoms with Crippen molar-refractivity contribution in [2.45, 2.75) is 11.8 Å². The second kappa shape index (κ2) is 8.07. The normalized spacial score (nSPS) is 14.1. The molecule has 0 atom stereocenters. The molecule has 0 radical (unpaired) electrons. The lowest BCUT2D eigenvalue weighted by molar-refractivity contribution is -0.119. The van der Waals surface area contributed by atoms with Gasteiger partial charge in [-0.15, -0.1) is 0 Å². The van der Waals surface area contributed by atoms with Crippen LogP contribution in [0.4, 0.5) is 5.69 Å². The number of hydrogen-bond acceptors (Lipinski definition) is 3. The molecule has 3 nitrogen and oxygen atoms in total. The van der Waals surface area contributed by atoms with Gasteiger partial charge in [0.25, 0.3) is 11.8 Å². The van der Waals surface area contributed by atoms with Crippen molar-refractivity contribution in [1.29, 1.82) is 0 Å². The zero-order valence-electron chi connectivity index (χ0n) is 15.4. The highest BCUT2D eigenvalue weighted by molar-refractivity contribution is 8.04. The number of anilines is 1. The van der Waals surface area contributed by atoms with Crippen molar-refractivity contribution in [3.8, 4) is 0 Å². The Hall–Kier alpha value is -2.53. The summed E-state index contributed by atoms with van der Waals surface area (Å²) >= 11 is 13.2. The van der Waals surface area contributed by atoms with Crippen molar-refractivity contribution < 1.29 is 9.59 Å². The van der Waals surface area contributed by atoms with Crippen LogP contribution in [0.5, 0.6) is 0 Å². The van der Waals surface area contributed by atoms with Gasteiger partial charge in [-0.05, 0) is 61.0 Å². The molecule has 3 aromatic carbocycles. The monoisotopic (exact) mass is 439 g/mol. The van der Waals surface area contributed by atoms with E-state index in [1.807, 2.05) is 43.3 Å². The number of amides is 2. The smallest absolute Gasteiger partial charge is 0.268 e. The number of carbonyl (C=O) groups is 2. The molecule has 4 rings (SSSR count). The maximum absolute atomic E-state index is 13.3. The lowest BCUT2D eigenvalue weighted by atomic mass is 10.0. The first-order chi connectivity index (χ1) is 13.9. The van der Waals surface area contributed by atoms with Gasteiger partial charge in [0.2, 0.25) is 0 Å². The van der Waals surface area contributed by atoms with Gasteiger partial charge in [-0.1, -0.05) is 64.8 Å². The molecule has 0 unspecified atom stereocenters. The molecule has 2 amide bonds. The molecule has 29 heavy (non-hydrogen) atoms. The van der Waals surface area contributed by atoms with Gasteiger partial charge in [0.1, 0.15) is 0 Å². The predicted octanol–water partition coefficient (Wildman–Crippen LogP) is 6.38. The second-order valence-corrected chi connectivity index (χ2v) is 8.50. The molecular weight excluding hydrogens is 425 g/mol. The van der Waals surface area contributed by atoms with Crippen LogP contribution in [0.2, 0.25) is 10.0 Å². The fourth-order valence-corrected chi connectivity index (χ4v) is 4.27. The molecular formula is C23H15Cl2NO2S. The van der Waals surface area contributed by atoms with Crippen LogP contribution < -0.4 is 4.90 Å². The lowest BCUT2D eigenvalue weighted by Gasteiger charge is -2.15. The first-order valence-electron chi connectivity index (χ1n) is 8.83. The van der Waals surface area contributed by atoms with Gasteiger partial charge in [0.05, 0.1) is 16.2 Å². The van der Waals surface area contributed by atoms with Crippen LogP contribution in [0, 0.1) is 6.92 Å². The molecule has 6 heteroatoms. The minimum absolute atomic E-state index is 0.349. The maximum atomic E-state index is 13.3. The third-order valence-electron chi connectivity index (χ3n) is 4.50. The summed E-state index contributed by atoms with van der Waals surface area (Å²) in [5.74, 6) is -0.703. The minimum Gasteiger partial charge on any atom is -0.268 e. The van der Waals surface area contributed by atoms with Crippen molar-refractivity contribution in [3.05, 3.63) is 98.9 Å². The Labute approximate surface area is 182 Å². The standard InChI is InChI=1S/C23H15Cl2NO2S/c1-14-2-4-15(5-3-14)20-21(29-19-12-8-17(25)9-13-19)23(28)26(22(20)27)18-10-6-16(24)7-11-18/h2-13H,1H3. The van der Waals surface area contributed by atoms with Crippen LogP contribution in [-0.2, 0) is 9.59 Å². The molecule has 0 N–H and O–H groups in total. The molecule has 0 saturated carbocycles. The largest absolute Gasteiger partial charge is 0.272 e. The van der Waals surface area contributed by atoms with Crippen molar-refractivity contribution in [1.82, 2.24) is 0 Å². The highest BCUT2D eigenvalue weighted by Crippen LogP contribution is 2.41. The van der Waals surface area contributed by atoms with Gasteiger partial charge in [0, 0.05) is 14.9 Å². The van der Waals surface area contributed by atoms with E-state index in [0.717, 1.165) is 10.5 Å². The fraction of sp³-hybridized carbons (Fsp3) is 0.0435. The van der Waals surface area contributed by atoms with Gasteiger partial charge < -0.3 is 0 Å². The van der Waals surface area contributed by atoms with Gasteiger partial charge in [-0.25, -0.2) is 4.90 Å². The van der Waals surface area contributed by atoms with E-state index < -0.39 is 0 Å². The number of thioether (sulfide) groups is 1. The van der Waals surface area contributed by atoms with Gasteiger partial charge in [-0.3, -0.25) is 9.59 Å². The van der Waals surface area contributed by atoms with E-state index in [4.69, 9.17) is 23.2 Å². The zero-order chi connectivity index (χ0) is 20.5. The number of halogens is 2. The lowest BCUT2D eigenvalue weighted by Crippen LogP contribution is -2.31. The summed E-state index contributed by atoms with van der Waals surface area (Å²) in [6, 6.07) is 21.4. The summed E-state index contributed by atoms with van der Waals surface area (Å²) in [6.45, 7) is 1.98. The highest BCUT2D eigenvalue weighted by atomic mass is 35.5. The first kappa shape index (κ1) is 19.8. The third-order valence-corrected chi connectivity index (χ3v) is 6.09. The number of carbonyl (C=O) groups excluding carboxylic acids is 2. The predicted molar refractivity (Wildman–Crippen MR) is 119 cm³/mol. The Morgan fingerprint density at radius 3 is 1.86 bits per heavy atom. The minimum atomic E-state index is -0.354. The molecule has 1 heterocycles. The van der Waals surface area contributed by atoms with E-state index in [1.54, 1.807) is 36.4 Å². The molecule has 0 bridgehead atoms. The van der Waals surface area contributed by atoms with E-state index in [1.165, 1.54) is 16.7 Å². The van der Waals surface area contributed by atoms with Crippen LogP contribution in [-0.4, -0.2) is 11.8 Å². The highest BCUT2D eigenvalue weighted by Gasteiger charge is 2.40. The van der Waals surface area contributed by atoms with E-state index in [-0.39, 0.29) is 11.8 Å². The Balaban J connectivity index is 1.80. The topological polar surface area (TPSA) is 37.4 Å². The average Bonchev–Trinajstić information content (AvgIpc) is 2.95. The Bertz CT molecular complexity index is 1120. The van der Waals surface area contributed by atoms with Crippen LogP contribution in [0.15, 0.2) is 82.6 Å².